The van der Waals surface area contributed by atoms with Gasteiger partial charge in [0.2, 0.25) is 5.91 Å². The van der Waals surface area contributed by atoms with E-state index in [1.54, 1.807) is 42.5 Å². The normalized spacial score (nSPS) is 11.6. The number of nitrogens with one attached hydrogen (secondary N) is 2. The quantitative estimate of drug-likeness (QED) is 0.0973. The summed E-state index contributed by atoms with van der Waals surface area (Å²) in [5.41, 5.74) is 0.438. The summed E-state index contributed by atoms with van der Waals surface area (Å²) in [5, 5.41) is 13.6. The molecule has 1 atom stereocenters. The first-order chi connectivity index (χ1) is 19.5. The smallest absolute Gasteiger partial charge is 0.338 e. The molecule has 0 saturated carbocycles. The lowest BCUT2D eigenvalue weighted by atomic mass is 10.1. The Hall–Kier alpha value is -2.62. The number of thioether (sulfide) groups is 1. The van der Waals surface area contributed by atoms with E-state index in [0.717, 1.165) is 5.56 Å². The third-order valence-electron chi connectivity index (χ3n) is 5.62. The van der Waals surface area contributed by atoms with E-state index < -0.39 is 33.3 Å². The van der Waals surface area contributed by atoms with Crippen LogP contribution in [0.5, 0.6) is 0 Å². The topological polar surface area (TPSA) is 95.5 Å². The molecule has 41 heavy (non-hydrogen) atoms. The van der Waals surface area contributed by atoms with E-state index in [1.807, 2.05) is 30.3 Å². The van der Waals surface area contributed by atoms with Crippen LogP contribution in [0.2, 0.25) is 30.1 Å². The molecule has 4 rings (SSSR count). The molecule has 6 nitrogen and oxygen atoms in total. The van der Waals surface area contributed by atoms with Crippen molar-refractivity contribution < 1.29 is 19.5 Å². The number of hydrogen-bond donors (Lipinski definition) is 3. The van der Waals surface area contributed by atoms with E-state index in [4.69, 9.17) is 69.6 Å². The van der Waals surface area contributed by atoms with E-state index in [1.165, 1.54) is 11.8 Å². The second-order valence-corrected chi connectivity index (χ2v) is 11.8. The monoisotopic (exact) mass is 686 g/mol. The highest BCUT2D eigenvalue weighted by atomic mass is 35.5. The maximum atomic E-state index is 13.4. The molecule has 0 aliphatic heterocycles. The number of amides is 2. The van der Waals surface area contributed by atoms with E-state index in [-0.39, 0.29) is 26.0 Å². The second-order valence-electron chi connectivity index (χ2n) is 8.29. The Labute approximate surface area is 268 Å². The maximum absolute atomic E-state index is 13.4. The molecule has 210 valence electrons. The van der Waals surface area contributed by atoms with Crippen LogP contribution in [0.4, 0.5) is 11.4 Å². The van der Waals surface area contributed by atoms with Gasteiger partial charge in [-0.3, -0.25) is 9.59 Å². The molecule has 2 amide bonds. The Bertz CT molecular complexity index is 1650. The standard InChI is InChI=1S/C28H16Cl6N2O4S/c29-16-7-4-8-17(20(16)30)36-27(38)25(13-5-2-1-3-6-13)41-15-11-9-14(10-12-15)35-26(37)18-19(28(39)40)22(32)24(34)23(33)21(18)31/h1-12,25H,(H,35,37)(H,36,38)(H,39,40). The van der Waals surface area contributed by atoms with Crippen LogP contribution in [0.1, 0.15) is 31.5 Å². The van der Waals surface area contributed by atoms with Gasteiger partial charge < -0.3 is 15.7 Å². The molecule has 0 aromatic heterocycles. The molecule has 0 aliphatic carbocycles. The van der Waals surface area contributed by atoms with Crippen LogP contribution in [-0.2, 0) is 4.79 Å². The summed E-state index contributed by atoms with van der Waals surface area (Å²) in [6.07, 6.45) is 0. The Morgan fingerprint density at radius 3 is 1.88 bits per heavy atom. The van der Waals surface area contributed by atoms with Crippen molar-refractivity contribution in [3.63, 3.8) is 0 Å². The van der Waals surface area contributed by atoms with Crippen molar-refractivity contribution in [3.05, 3.63) is 120 Å². The van der Waals surface area contributed by atoms with Gasteiger partial charge in [0.1, 0.15) is 5.25 Å². The number of carboxylic acids is 1. The minimum atomic E-state index is -1.50. The molecule has 13 heteroatoms. The number of anilines is 2. The zero-order valence-corrected chi connectivity index (χ0v) is 25.7. The fourth-order valence-corrected chi connectivity index (χ4v) is 6.08. The van der Waals surface area contributed by atoms with E-state index >= 15 is 0 Å². The first-order valence-corrected chi connectivity index (χ1v) is 14.6. The Kier molecular flexibility index (Phi) is 10.4. The maximum Gasteiger partial charge on any atom is 0.338 e. The molecule has 0 aliphatic rings. The summed E-state index contributed by atoms with van der Waals surface area (Å²) in [5.74, 6) is -2.68. The van der Waals surface area contributed by atoms with Crippen LogP contribution in [0.3, 0.4) is 0 Å². The van der Waals surface area contributed by atoms with Crippen molar-refractivity contribution in [2.24, 2.45) is 0 Å². The van der Waals surface area contributed by atoms with Crippen LogP contribution in [0.15, 0.2) is 77.7 Å². The van der Waals surface area contributed by atoms with Gasteiger partial charge in [0.05, 0.1) is 47.0 Å². The first kappa shape index (κ1) is 31.3. The minimum Gasteiger partial charge on any atom is -0.478 e. The highest BCUT2D eigenvalue weighted by Gasteiger charge is 2.29. The summed E-state index contributed by atoms with van der Waals surface area (Å²) < 4.78 is 0. The molecule has 0 heterocycles. The van der Waals surface area contributed by atoms with Gasteiger partial charge in [0, 0.05) is 10.6 Å². The summed E-state index contributed by atoms with van der Waals surface area (Å²) in [6.45, 7) is 0. The number of halogens is 6. The summed E-state index contributed by atoms with van der Waals surface area (Å²) in [7, 11) is 0. The lowest BCUT2D eigenvalue weighted by Gasteiger charge is -2.18. The van der Waals surface area contributed by atoms with Crippen molar-refractivity contribution in [1.82, 2.24) is 0 Å². The van der Waals surface area contributed by atoms with Gasteiger partial charge in [-0.25, -0.2) is 4.79 Å². The molecule has 4 aromatic carbocycles. The van der Waals surface area contributed by atoms with Crippen molar-refractivity contribution in [2.75, 3.05) is 10.6 Å². The highest BCUT2D eigenvalue weighted by molar-refractivity contribution is 8.00. The lowest BCUT2D eigenvalue weighted by molar-refractivity contribution is -0.115. The SMILES string of the molecule is O=C(O)c1c(Cl)c(Cl)c(Cl)c(Cl)c1C(=O)Nc1ccc(SC(C(=O)Nc2cccc(Cl)c2Cl)c2ccccc2)cc1. The molecular weight excluding hydrogens is 673 g/mol. The molecule has 0 radical (unpaired) electrons. The van der Waals surface area contributed by atoms with Gasteiger partial charge in [0.25, 0.3) is 5.91 Å². The molecule has 0 bridgehead atoms. The van der Waals surface area contributed by atoms with E-state index in [0.29, 0.717) is 21.3 Å². The van der Waals surface area contributed by atoms with E-state index in [9.17, 15) is 19.5 Å². The molecule has 4 aromatic rings. The number of carbonyl (C=O) groups is 3. The van der Waals surface area contributed by atoms with Gasteiger partial charge in [0.15, 0.2) is 0 Å². The molecule has 0 spiro atoms. The highest BCUT2D eigenvalue weighted by Crippen LogP contribution is 2.42. The summed E-state index contributed by atoms with van der Waals surface area (Å²) in [6, 6.07) is 20.7. The number of benzene rings is 4. The summed E-state index contributed by atoms with van der Waals surface area (Å²) in [4.78, 5) is 38.9. The number of carbonyl (C=O) groups excluding carboxylic acids is 2. The largest absolute Gasteiger partial charge is 0.478 e. The molecule has 3 N–H and O–H groups in total. The van der Waals surface area contributed by atoms with Gasteiger partial charge in [-0.2, -0.15) is 0 Å². The van der Waals surface area contributed by atoms with Gasteiger partial charge in [-0.1, -0.05) is 106 Å². The van der Waals surface area contributed by atoms with Crippen molar-refractivity contribution in [3.8, 4) is 0 Å². The van der Waals surface area contributed by atoms with Crippen molar-refractivity contribution in [1.29, 1.82) is 0 Å². The fourth-order valence-electron chi connectivity index (χ4n) is 3.69. The Morgan fingerprint density at radius 2 is 1.27 bits per heavy atom. The minimum absolute atomic E-state index is 0.230. The zero-order chi connectivity index (χ0) is 29.8. The molecule has 0 fully saturated rings. The Morgan fingerprint density at radius 1 is 0.659 bits per heavy atom. The van der Waals surface area contributed by atoms with Gasteiger partial charge in [-0.05, 0) is 42.0 Å². The lowest BCUT2D eigenvalue weighted by Crippen LogP contribution is -2.19. The first-order valence-electron chi connectivity index (χ1n) is 11.5. The predicted molar refractivity (Wildman–Crippen MR) is 168 cm³/mol. The van der Waals surface area contributed by atoms with Crippen LogP contribution in [0, 0.1) is 0 Å². The average molecular weight is 689 g/mol. The average Bonchev–Trinajstić information content (AvgIpc) is 2.95. The van der Waals surface area contributed by atoms with Crippen LogP contribution >= 0.6 is 81.4 Å². The van der Waals surface area contributed by atoms with Crippen LogP contribution < -0.4 is 10.6 Å². The van der Waals surface area contributed by atoms with Crippen LogP contribution in [-0.4, -0.2) is 22.9 Å². The molecular formula is C28H16Cl6N2O4S. The van der Waals surface area contributed by atoms with Crippen LogP contribution in [0.25, 0.3) is 0 Å². The fraction of sp³-hybridized carbons (Fsp3) is 0.0357. The molecule has 0 saturated heterocycles. The molecule has 1 unspecified atom stereocenters. The number of carboxylic acid groups (broad SMARTS) is 1. The third kappa shape index (κ3) is 7.07. The third-order valence-corrected chi connectivity index (χ3v) is 9.51. The predicted octanol–water partition coefficient (Wildman–Crippen LogP) is 10.0. The van der Waals surface area contributed by atoms with E-state index in [2.05, 4.69) is 10.6 Å². The van der Waals surface area contributed by atoms with Crippen molar-refractivity contribution >= 4 is 111 Å². The second kappa shape index (κ2) is 13.6. The van der Waals surface area contributed by atoms with Gasteiger partial charge in [-0.15, -0.1) is 11.8 Å². The number of aromatic carboxylic acids is 1. The number of rotatable bonds is 8. The zero-order valence-electron chi connectivity index (χ0n) is 20.4. The Balaban J connectivity index is 1.57. The van der Waals surface area contributed by atoms with Crippen molar-refractivity contribution in [2.45, 2.75) is 10.1 Å². The summed E-state index contributed by atoms with van der Waals surface area (Å²) >= 11 is 37.9. The van der Waals surface area contributed by atoms with Gasteiger partial charge >= 0.3 is 5.97 Å². The number of hydrogen-bond acceptors (Lipinski definition) is 4.